The van der Waals surface area contributed by atoms with Crippen LogP contribution in [-0.2, 0) is 26.4 Å². The first-order valence-electron chi connectivity index (χ1n) is 9.10. The van der Waals surface area contributed by atoms with Crippen molar-refractivity contribution in [2.24, 2.45) is 13.0 Å². The fourth-order valence-corrected chi connectivity index (χ4v) is 5.28. The van der Waals surface area contributed by atoms with Crippen molar-refractivity contribution in [3.63, 3.8) is 0 Å². The molecule has 0 spiro atoms. The highest BCUT2D eigenvalue weighted by Gasteiger charge is 2.23. The van der Waals surface area contributed by atoms with Crippen molar-refractivity contribution in [2.45, 2.75) is 32.7 Å². The van der Waals surface area contributed by atoms with Crippen LogP contribution in [0.3, 0.4) is 0 Å². The number of rotatable bonds is 3. The molecule has 1 aliphatic carbocycles. The van der Waals surface area contributed by atoms with E-state index >= 15 is 0 Å². The molecule has 0 fully saturated rings. The van der Waals surface area contributed by atoms with Gasteiger partial charge in [0.05, 0.1) is 23.0 Å². The molecule has 1 unspecified atom stereocenters. The SMILES string of the molecule is CC1CCc2c(sc3ncnc(NCc4nc5ccccc5n4C)c23)C1. The molecule has 1 aromatic carbocycles. The summed E-state index contributed by atoms with van der Waals surface area (Å²) in [6.45, 7) is 2.99. The van der Waals surface area contributed by atoms with E-state index in [4.69, 9.17) is 4.98 Å². The van der Waals surface area contributed by atoms with E-state index in [0.717, 1.165) is 39.8 Å². The molecule has 6 heteroatoms. The van der Waals surface area contributed by atoms with Crippen LogP contribution in [0.5, 0.6) is 0 Å². The Balaban J connectivity index is 1.50. The number of thiophene rings is 1. The van der Waals surface area contributed by atoms with Gasteiger partial charge in [-0.05, 0) is 42.9 Å². The van der Waals surface area contributed by atoms with Crippen LogP contribution in [0.15, 0.2) is 30.6 Å². The van der Waals surface area contributed by atoms with Gasteiger partial charge in [-0.15, -0.1) is 11.3 Å². The van der Waals surface area contributed by atoms with Crippen LogP contribution in [0, 0.1) is 5.92 Å². The lowest BCUT2D eigenvalue weighted by Crippen LogP contribution is -2.10. The number of aromatic nitrogens is 4. The second kappa shape index (κ2) is 6.06. The summed E-state index contributed by atoms with van der Waals surface area (Å²) in [5.41, 5.74) is 3.64. The number of para-hydroxylation sites is 2. The van der Waals surface area contributed by atoms with Gasteiger partial charge in [0.2, 0.25) is 0 Å². The van der Waals surface area contributed by atoms with Gasteiger partial charge in [0, 0.05) is 11.9 Å². The molecule has 0 saturated carbocycles. The minimum Gasteiger partial charge on any atom is -0.362 e. The highest BCUT2D eigenvalue weighted by atomic mass is 32.1. The Morgan fingerprint density at radius 2 is 2.15 bits per heavy atom. The molecule has 1 atom stereocenters. The Morgan fingerprint density at radius 3 is 3.04 bits per heavy atom. The van der Waals surface area contributed by atoms with Gasteiger partial charge in [0.1, 0.15) is 22.8 Å². The molecule has 0 amide bonds. The van der Waals surface area contributed by atoms with Gasteiger partial charge in [0.25, 0.3) is 0 Å². The van der Waals surface area contributed by atoms with E-state index in [2.05, 4.69) is 46.0 Å². The maximum absolute atomic E-state index is 4.75. The highest BCUT2D eigenvalue weighted by Crippen LogP contribution is 2.39. The number of hydrogen-bond acceptors (Lipinski definition) is 5. The molecule has 3 heterocycles. The summed E-state index contributed by atoms with van der Waals surface area (Å²) in [6, 6.07) is 8.23. The third kappa shape index (κ3) is 2.48. The first-order chi connectivity index (χ1) is 12.7. The zero-order valence-corrected chi connectivity index (χ0v) is 15.8. The summed E-state index contributed by atoms with van der Waals surface area (Å²) in [5, 5.41) is 4.75. The van der Waals surface area contributed by atoms with Crippen molar-refractivity contribution in [3.05, 3.63) is 46.9 Å². The molecule has 26 heavy (non-hydrogen) atoms. The van der Waals surface area contributed by atoms with Crippen LogP contribution in [0.2, 0.25) is 0 Å². The van der Waals surface area contributed by atoms with Crippen LogP contribution in [0.25, 0.3) is 21.3 Å². The molecule has 0 radical (unpaired) electrons. The fraction of sp³-hybridized carbons (Fsp3) is 0.350. The lowest BCUT2D eigenvalue weighted by molar-refractivity contribution is 0.509. The normalized spacial score (nSPS) is 16.9. The van der Waals surface area contributed by atoms with Crippen LogP contribution in [0.1, 0.15) is 29.6 Å². The molecule has 1 aliphatic rings. The van der Waals surface area contributed by atoms with Gasteiger partial charge < -0.3 is 9.88 Å². The Bertz CT molecular complexity index is 1110. The second-order valence-corrected chi connectivity index (χ2v) is 8.27. The Labute approximate surface area is 156 Å². The molecule has 3 aromatic heterocycles. The maximum Gasteiger partial charge on any atom is 0.138 e. The standard InChI is InChI=1S/C20H21N5S/c1-12-7-8-13-16(9-12)26-20-18(13)19(22-11-23-20)21-10-17-24-14-5-3-4-6-15(14)25(17)2/h3-6,11-12H,7-10H2,1-2H3,(H,21,22,23). The molecule has 132 valence electrons. The highest BCUT2D eigenvalue weighted by molar-refractivity contribution is 7.19. The predicted molar refractivity (Wildman–Crippen MR) is 107 cm³/mol. The largest absolute Gasteiger partial charge is 0.362 e. The number of nitrogens with zero attached hydrogens (tertiary/aromatic N) is 4. The van der Waals surface area contributed by atoms with Crippen LogP contribution >= 0.6 is 11.3 Å². The zero-order chi connectivity index (χ0) is 17.7. The minimum atomic E-state index is 0.651. The third-order valence-electron chi connectivity index (χ3n) is 5.39. The minimum absolute atomic E-state index is 0.651. The van der Waals surface area contributed by atoms with Gasteiger partial charge >= 0.3 is 0 Å². The first kappa shape index (κ1) is 15.8. The molecule has 0 aliphatic heterocycles. The summed E-state index contributed by atoms with van der Waals surface area (Å²) in [6.07, 6.45) is 5.22. The molecule has 0 bridgehead atoms. The number of hydrogen-bond donors (Lipinski definition) is 1. The molecular formula is C20H21N5S. The number of fused-ring (bicyclic) bond motifs is 4. The average molecular weight is 363 g/mol. The quantitative estimate of drug-likeness (QED) is 0.589. The van der Waals surface area contributed by atoms with Crippen LogP contribution in [0.4, 0.5) is 5.82 Å². The number of benzene rings is 1. The summed E-state index contributed by atoms with van der Waals surface area (Å²) < 4.78 is 2.14. The smallest absolute Gasteiger partial charge is 0.138 e. The number of nitrogens with one attached hydrogen (secondary N) is 1. The van der Waals surface area contributed by atoms with Crippen molar-refractivity contribution in [1.29, 1.82) is 0 Å². The van der Waals surface area contributed by atoms with E-state index in [1.54, 1.807) is 6.33 Å². The van der Waals surface area contributed by atoms with Crippen LogP contribution in [-0.4, -0.2) is 19.5 Å². The van der Waals surface area contributed by atoms with E-state index in [9.17, 15) is 0 Å². The molecule has 5 rings (SSSR count). The summed E-state index contributed by atoms with van der Waals surface area (Å²) in [5.74, 6) is 2.71. The Morgan fingerprint density at radius 1 is 1.27 bits per heavy atom. The van der Waals surface area contributed by atoms with Gasteiger partial charge in [-0.25, -0.2) is 15.0 Å². The number of aryl methyl sites for hydroxylation is 2. The van der Waals surface area contributed by atoms with Crippen molar-refractivity contribution in [2.75, 3.05) is 5.32 Å². The van der Waals surface area contributed by atoms with Crippen molar-refractivity contribution in [1.82, 2.24) is 19.5 Å². The van der Waals surface area contributed by atoms with Gasteiger partial charge in [0.15, 0.2) is 0 Å². The molecular weight excluding hydrogens is 342 g/mol. The maximum atomic E-state index is 4.75. The van der Waals surface area contributed by atoms with E-state index in [1.165, 1.54) is 28.7 Å². The fourth-order valence-electron chi connectivity index (χ4n) is 3.93. The van der Waals surface area contributed by atoms with Gasteiger partial charge in [-0.1, -0.05) is 19.1 Å². The summed E-state index contributed by atoms with van der Waals surface area (Å²) in [4.78, 5) is 16.4. The summed E-state index contributed by atoms with van der Waals surface area (Å²) >= 11 is 1.83. The lowest BCUT2D eigenvalue weighted by atomic mass is 9.89. The third-order valence-corrected chi connectivity index (χ3v) is 6.55. The van der Waals surface area contributed by atoms with Gasteiger partial charge in [-0.2, -0.15) is 0 Å². The number of imidazole rings is 1. The molecule has 4 aromatic rings. The second-order valence-electron chi connectivity index (χ2n) is 7.18. The van der Waals surface area contributed by atoms with Crippen molar-refractivity contribution in [3.8, 4) is 0 Å². The van der Waals surface area contributed by atoms with E-state index in [1.807, 2.05) is 23.5 Å². The Kier molecular flexibility index (Phi) is 3.67. The number of anilines is 1. The van der Waals surface area contributed by atoms with Gasteiger partial charge in [-0.3, -0.25) is 0 Å². The van der Waals surface area contributed by atoms with E-state index < -0.39 is 0 Å². The Hall–Kier alpha value is -2.47. The first-order valence-corrected chi connectivity index (χ1v) is 9.92. The van der Waals surface area contributed by atoms with E-state index in [0.29, 0.717) is 6.54 Å². The predicted octanol–water partition coefficient (Wildman–Crippen LogP) is 4.31. The van der Waals surface area contributed by atoms with Crippen molar-refractivity contribution < 1.29 is 0 Å². The van der Waals surface area contributed by atoms with Crippen LogP contribution < -0.4 is 5.32 Å². The van der Waals surface area contributed by atoms with E-state index in [-0.39, 0.29) is 0 Å². The average Bonchev–Trinajstić information content (AvgIpc) is 3.17. The molecule has 5 nitrogen and oxygen atoms in total. The molecule has 1 N–H and O–H groups in total. The zero-order valence-electron chi connectivity index (χ0n) is 15.0. The topological polar surface area (TPSA) is 55.6 Å². The summed E-state index contributed by atoms with van der Waals surface area (Å²) in [7, 11) is 2.07. The monoisotopic (exact) mass is 363 g/mol. The molecule has 0 saturated heterocycles. The van der Waals surface area contributed by atoms with Crippen molar-refractivity contribution >= 4 is 38.4 Å². The lowest BCUT2D eigenvalue weighted by Gasteiger charge is -2.18.